The molecule has 0 radical (unpaired) electrons. The van der Waals surface area contributed by atoms with Crippen molar-refractivity contribution in [3.63, 3.8) is 0 Å². The first kappa shape index (κ1) is 10.7. The largest absolute Gasteiger partial charge is 0.359 e. The molecule has 0 fully saturated rings. The highest BCUT2D eigenvalue weighted by Crippen LogP contribution is 2.25. The summed E-state index contributed by atoms with van der Waals surface area (Å²) < 4.78 is 31.6. The van der Waals surface area contributed by atoms with Crippen LogP contribution in [0.15, 0.2) is 4.34 Å². The number of hydrogen-bond donors (Lipinski definition) is 2. The number of thioether (sulfide) groups is 1. The first-order valence-corrected chi connectivity index (χ1v) is 6.47. The van der Waals surface area contributed by atoms with Crippen molar-refractivity contribution in [1.29, 1.82) is 0 Å². The lowest BCUT2D eigenvalue weighted by Gasteiger charge is -1.92. The molecule has 9 heteroatoms. The zero-order valence-electron chi connectivity index (χ0n) is 6.59. The van der Waals surface area contributed by atoms with E-state index in [1.54, 1.807) is 0 Å². The van der Waals surface area contributed by atoms with E-state index in [9.17, 15) is 8.42 Å². The highest BCUT2D eigenvalue weighted by Gasteiger charge is 2.09. The second kappa shape index (κ2) is 4.22. The molecule has 0 aromatic carbocycles. The number of hydrogen-bond acceptors (Lipinski definition) is 6. The summed E-state index contributed by atoms with van der Waals surface area (Å²) in [5.74, 6) is 0.834. The lowest BCUT2D eigenvalue weighted by molar-refractivity contribution is 0.489. The second-order valence-electron chi connectivity index (χ2n) is 1.88. The van der Waals surface area contributed by atoms with Crippen LogP contribution < -0.4 is 4.72 Å². The van der Waals surface area contributed by atoms with Crippen molar-refractivity contribution in [1.82, 2.24) is 10.2 Å². The molecule has 0 aliphatic rings. The molecule has 74 valence electrons. The third kappa shape index (κ3) is 3.89. The summed E-state index contributed by atoms with van der Waals surface area (Å²) in [5.41, 5.74) is 0. The van der Waals surface area contributed by atoms with Gasteiger partial charge in [-0.2, -0.15) is 8.42 Å². The molecule has 1 rings (SSSR count). The average molecular weight is 241 g/mol. The maximum Gasteiger partial charge on any atom is 0.359 e. The van der Waals surface area contributed by atoms with Crippen molar-refractivity contribution in [2.24, 2.45) is 0 Å². The van der Waals surface area contributed by atoms with Crippen molar-refractivity contribution in [3.8, 4) is 0 Å². The lowest BCUT2D eigenvalue weighted by atomic mass is 11.0. The summed E-state index contributed by atoms with van der Waals surface area (Å²) >= 11 is 2.53. The molecule has 0 saturated carbocycles. The molecule has 1 aromatic heterocycles. The Bertz CT molecular complexity index is 373. The van der Waals surface area contributed by atoms with Crippen LogP contribution in [-0.4, -0.2) is 28.9 Å². The van der Waals surface area contributed by atoms with E-state index < -0.39 is 10.3 Å². The smallest absolute Gasteiger partial charge is 0.269 e. The van der Waals surface area contributed by atoms with Gasteiger partial charge < -0.3 is 0 Å². The van der Waals surface area contributed by atoms with Gasteiger partial charge in [-0.05, 0) is 5.75 Å². The SMILES string of the molecule is CCSc1nnc(NS(=O)(=O)O)s1. The van der Waals surface area contributed by atoms with Gasteiger partial charge in [-0.25, -0.2) is 4.72 Å². The summed E-state index contributed by atoms with van der Waals surface area (Å²) in [6, 6.07) is 0. The molecule has 2 N–H and O–H groups in total. The number of nitrogens with zero attached hydrogens (tertiary/aromatic N) is 2. The van der Waals surface area contributed by atoms with Crippen LogP contribution in [0, 0.1) is 0 Å². The molecule has 1 aromatic rings. The van der Waals surface area contributed by atoms with Gasteiger partial charge in [-0.15, -0.1) is 10.2 Å². The zero-order valence-corrected chi connectivity index (χ0v) is 9.04. The van der Waals surface area contributed by atoms with Gasteiger partial charge in [0, 0.05) is 0 Å². The fourth-order valence-corrected chi connectivity index (χ4v) is 2.79. The van der Waals surface area contributed by atoms with Crippen molar-refractivity contribution in [2.45, 2.75) is 11.3 Å². The monoisotopic (exact) mass is 241 g/mol. The van der Waals surface area contributed by atoms with Gasteiger partial charge in [0.1, 0.15) is 0 Å². The van der Waals surface area contributed by atoms with Gasteiger partial charge in [0.05, 0.1) is 0 Å². The Morgan fingerprint density at radius 2 is 2.31 bits per heavy atom. The summed E-state index contributed by atoms with van der Waals surface area (Å²) in [5, 5.41) is 7.27. The maximum absolute atomic E-state index is 10.3. The predicted molar refractivity (Wildman–Crippen MR) is 51.5 cm³/mol. The Labute approximate surface area is 83.6 Å². The van der Waals surface area contributed by atoms with E-state index in [2.05, 4.69) is 10.2 Å². The number of anilines is 1. The highest BCUT2D eigenvalue weighted by molar-refractivity contribution is 8.01. The Kier molecular flexibility index (Phi) is 3.47. The second-order valence-corrected chi connectivity index (χ2v) is 5.53. The minimum atomic E-state index is -4.23. The summed E-state index contributed by atoms with van der Waals surface area (Å²) in [7, 11) is -4.23. The van der Waals surface area contributed by atoms with Crippen LogP contribution >= 0.6 is 23.1 Å². The van der Waals surface area contributed by atoms with E-state index in [0.29, 0.717) is 4.34 Å². The Balaban J connectivity index is 2.69. The van der Waals surface area contributed by atoms with Crippen molar-refractivity contribution < 1.29 is 13.0 Å². The molecule has 0 aliphatic carbocycles. The van der Waals surface area contributed by atoms with E-state index >= 15 is 0 Å². The topological polar surface area (TPSA) is 92.2 Å². The Hall–Kier alpha value is -0.380. The van der Waals surface area contributed by atoms with E-state index in [1.807, 2.05) is 11.6 Å². The van der Waals surface area contributed by atoms with Crippen LogP contribution in [-0.2, 0) is 10.3 Å². The molecule has 0 saturated heterocycles. The first-order chi connectivity index (χ1) is 6.01. The van der Waals surface area contributed by atoms with E-state index in [4.69, 9.17) is 4.55 Å². The van der Waals surface area contributed by atoms with Gasteiger partial charge in [0.15, 0.2) is 4.34 Å². The number of rotatable bonds is 4. The molecule has 0 atom stereocenters. The van der Waals surface area contributed by atoms with Gasteiger partial charge in [0.25, 0.3) is 0 Å². The maximum atomic E-state index is 10.3. The highest BCUT2D eigenvalue weighted by atomic mass is 32.2. The third-order valence-electron chi connectivity index (χ3n) is 0.891. The minimum Gasteiger partial charge on any atom is -0.269 e. The summed E-state index contributed by atoms with van der Waals surface area (Å²) in [4.78, 5) is 0. The van der Waals surface area contributed by atoms with Crippen molar-refractivity contribution in [2.75, 3.05) is 10.5 Å². The minimum absolute atomic E-state index is 0.0680. The van der Waals surface area contributed by atoms with E-state index in [0.717, 1.165) is 17.1 Å². The molecule has 6 nitrogen and oxygen atoms in total. The molecule has 0 bridgehead atoms. The number of aromatic nitrogens is 2. The van der Waals surface area contributed by atoms with E-state index in [1.165, 1.54) is 11.8 Å². The number of nitrogens with one attached hydrogen (secondary N) is 1. The third-order valence-corrected chi connectivity index (χ3v) is 3.33. The summed E-state index contributed by atoms with van der Waals surface area (Å²) in [6.07, 6.45) is 0. The van der Waals surface area contributed by atoms with Gasteiger partial charge >= 0.3 is 10.3 Å². The molecule has 0 aliphatic heterocycles. The molecule has 1 heterocycles. The van der Waals surface area contributed by atoms with Crippen molar-refractivity contribution in [3.05, 3.63) is 0 Å². The van der Waals surface area contributed by atoms with E-state index in [-0.39, 0.29) is 5.13 Å². The molecular weight excluding hydrogens is 234 g/mol. The Morgan fingerprint density at radius 1 is 1.62 bits per heavy atom. The zero-order chi connectivity index (χ0) is 9.90. The molecule has 0 unspecified atom stereocenters. The fraction of sp³-hybridized carbons (Fsp3) is 0.500. The normalized spacial score (nSPS) is 11.5. The van der Waals surface area contributed by atoms with Gasteiger partial charge in [-0.1, -0.05) is 30.0 Å². The van der Waals surface area contributed by atoms with Crippen LogP contribution in [0.4, 0.5) is 5.13 Å². The summed E-state index contributed by atoms with van der Waals surface area (Å²) in [6.45, 7) is 1.95. The lowest BCUT2D eigenvalue weighted by Crippen LogP contribution is -2.09. The molecule has 13 heavy (non-hydrogen) atoms. The van der Waals surface area contributed by atoms with Gasteiger partial charge in [-0.3, -0.25) is 4.55 Å². The van der Waals surface area contributed by atoms with Crippen LogP contribution in [0.2, 0.25) is 0 Å². The molecule has 0 spiro atoms. The van der Waals surface area contributed by atoms with Gasteiger partial charge in [0.2, 0.25) is 5.13 Å². The fourth-order valence-electron chi connectivity index (χ4n) is 0.543. The average Bonchev–Trinajstić information content (AvgIpc) is 2.33. The standard InChI is InChI=1S/C4H7N3O3S3/c1-2-11-4-6-5-3(12-4)7-13(8,9)10/h2H2,1H3,(H,5,7)(H,8,9,10). The van der Waals surface area contributed by atoms with Crippen LogP contribution in [0.25, 0.3) is 0 Å². The van der Waals surface area contributed by atoms with Crippen LogP contribution in [0.5, 0.6) is 0 Å². The van der Waals surface area contributed by atoms with Crippen molar-refractivity contribution >= 4 is 38.5 Å². The first-order valence-electron chi connectivity index (χ1n) is 3.23. The quantitative estimate of drug-likeness (QED) is 0.600. The van der Waals surface area contributed by atoms with Crippen LogP contribution in [0.1, 0.15) is 6.92 Å². The predicted octanol–water partition coefficient (Wildman–Crippen LogP) is 0.865. The van der Waals surface area contributed by atoms with Crippen LogP contribution in [0.3, 0.4) is 0 Å². The molecule has 0 amide bonds. The Morgan fingerprint density at radius 3 is 2.85 bits per heavy atom. The molecular formula is C4H7N3O3S3.